The average molecular weight is 452 g/mol. The molecule has 0 radical (unpaired) electrons. The molecule has 1 saturated heterocycles. The Morgan fingerprint density at radius 2 is 2.12 bits per heavy atom. The van der Waals surface area contributed by atoms with Crippen molar-refractivity contribution in [2.45, 2.75) is 18.5 Å². The number of nitro benzene ring substituents is 1. The Kier molecular flexibility index (Phi) is 6.13. The second kappa shape index (κ2) is 9.15. The van der Waals surface area contributed by atoms with Gasteiger partial charge in [-0.15, -0.1) is 0 Å². The molecule has 164 valence electrons. The standard InChI is InChI=1S/C22H20N4O5S/c1-30-19(27)10-12-25-21(20(24-22(25)32)16-7-2-3-11-23-16)18-9-8-17(31-18)14-5-4-6-15(13-14)26(28)29/h2-9,11,13,20-21H,10,12H2,1H3,(H,24,32)/t20-,21+/m0/s1. The van der Waals surface area contributed by atoms with Crippen LogP contribution in [0.25, 0.3) is 11.3 Å². The number of hydrogen-bond acceptors (Lipinski definition) is 7. The molecule has 1 aliphatic heterocycles. The Morgan fingerprint density at radius 3 is 2.84 bits per heavy atom. The number of pyridine rings is 1. The number of thiocarbonyl (C=S) groups is 1. The van der Waals surface area contributed by atoms with Gasteiger partial charge >= 0.3 is 5.97 Å². The summed E-state index contributed by atoms with van der Waals surface area (Å²) in [5.74, 6) is 0.748. The van der Waals surface area contributed by atoms with E-state index in [-0.39, 0.29) is 30.2 Å². The van der Waals surface area contributed by atoms with E-state index in [9.17, 15) is 14.9 Å². The van der Waals surface area contributed by atoms with Crippen LogP contribution < -0.4 is 5.32 Å². The molecule has 0 amide bonds. The number of non-ortho nitro benzene ring substituents is 1. The highest BCUT2D eigenvalue weighted by Gasteiger charge is 2.41. The molecule has 0 bridgehead atoms. The van der Waals surface area contributed by atoms with Crippen LogP contribution in [0.5, 0.6) is 0 Å². The normalized spacial score (nSPS) is 17.8. The van der Waals surface area contributed by atoms with E-state index in [0.29, 0.717) is 28.7 Å². The van der Waals surface area contributed by atoms with E-state index >= 15 is 0 Å². The summed E-state index contributed by atoms with van der Waals surface area (Å²) in [5.41, 5.74) is 1.35. The second-order valence-corrected chi connectivity index (χ2v) is 7.54. The topological polar surface area (TPSA) is 111 Å². The summed E-state index contributed by atoms with van der Waals surface area (Å²) in [5, 5.41) is 14.9. The zero-order chi connectivity index (χ0) is 22.7. The first-order valence-electron chi connectivity index (χ1n) is 9.87. The number of nitro groups is 1. The Morgan fingerprint density at radius 1 is 1.28 bits per heavy atom. The van der Waals surface area contributed by atoms with Gasteiger partial charge in [-0.1, -0.05) is 18.2 Å². The number of carbonyl (C=O) groups is 1. The molecule has 3 heterocycles. The molecule has 9 nitrogen and oxygen atoms in total. The van der Waals surface area contributed by atoms with Gasteiger partial charge in [0.1, 0.15) is 17.6 Å². The van der Waals surface area contributed by atoms with Gasteiger partial charge in [0, 0.05) is 30.4 Å². The number of carbonyl (C=O) groups excluding carboxylic acids is 1. The van der Waals surface area contributed by atoms with Gasteiger partial charge in [0.15, 0.2) is 5.11 Å². The summed E-state index contributed by atoms with van der Waals surface area (Å²) >= 11 is 5.55. The molecule has 1 N–H and O–H groups in total. The third kappa shape index (κ3) is 4.30. The van der Waals surface area contributed by atoms with Gasteiger partial charge in [-0.05, 0) is 36.5 Å². The Balaban J connectivity index is 1.69. The van der Waals surface area contributed by atoms with Crippen molar-refractivity contribution < 1.29 is 18.9 Å². The van der Waals surface area contributed by atoms with Crippen LogP contribution in [0.1, 0.15) is 30.0 Å². The lowest BCUT2D eigenvalue weighted by atomic mass is 10.0. The first-order chi connectivity index (χ1) is 15.5. The van der Waals surface area contributed by atoms with Gasteiger partial charge in [-0.2, -0.15) is 0 Å². The first kappa shape index (κ1) is 21.4. The number of esters is 1. The van der Waals surface area contributed by atoms with Gasteiger partial charge in [0.2, 0.25) is 0 Å². The van der Waals surface area contributed by atoms with Crippen LogP contribution in [0.4, 0.5) is 5.69 Å². The molecule has 1 aliphatic rings. The maximum atomic E-state index is 11.7. The van der Waals surface area contributed by atoms with Crippen LogP contribution in [0.15, 0.2) is 65.2 Å². The van der Waals surface area contributed by atoms with Crippen molar-refractivity contribution in [3.63, 3.8) is 0 Å². The SMILES string of the molecule is COC(=O)CCN1C(=S)N[C@@H](c2ccccn2)[C@H]1c1ccc(-c2cccc([N+](=O)[O-])c2)o1. The molecule has 4 rings (SSSR count). The molecular weight excluding hydrogens is 432 g/mol. The van der Waals surface area contributed by atoms with Gasteiger partial charge in [0.25, 0.3) is 5.69 Å². The summed E-state index contributed by atoms with van der Waals surface area (Å²) < 4.78 is 10.9. The van der Waals surface area contributed by atoms with Crippen LogP contribution in [0.3, 0.4) is 0 Å². The van der Waals surface area contributed by atoms with Crippen molar-refractivity contribution in [3.8, 4) is 11.3 Å². The number of methoxy groups -OCH3 is 1. The van der Waals surface area contributed by atoms with Gasteiger partial charge in [0.05, 0.1) is 30.2 Å². The number of ether oxygens (including phenoxy) is 1. The van der Waals surface area contributed by atoms with E-state index < -0.39 is 4.92 Å². The van der Waals surface area contributed by atoms with Crippen LogP contribution in [-0.4, -0.2) is 39.5 Å². The van der Waals surface area contributed by atoms with E-state index in [1.165, 1.54) is 19.2 Å². The number of nitrogens with one attached hydrogen (secondary N) is 1. The fraction of sp³-hybridized carbons (Fsp3) is 0.227. The minimum atomic E-state index is -0.446. The molecule has 1 fully saturated rings. The predicted molar refractivity (Wildman–Crippen MR) is 120 cm³/mol. The third-order valence-corrected chi connectivity index (χ3v) is 5.59. The number of furan rings is 1. The number of rotatable bonds is 7. The maximum Gasteiger partial charge on any atom is 0.307 e. The van der Waals surface area contributed by atoms with Gasteiger partial charge in [-0.3, -0.25) is 19.9 Å². The predicted octanol–water partition coefficient (Wildman–Crippen LogP) is 3.79. The molecule has 0 aliphatic carbocycles. The number of aromatic nitrogens is 1. The zero-order valence-electron chi connectivity index (χ0n) is 17.1. The highest BCUT2D eigenvalue weighted by molar-refractivity contribution is 7.80. The van der Waals surface area contributed by atoms with Crippen LogP contribution in [-0.2, 0) is 9.53 Å². The molecule has 2 aromatic heterocycles. The van der Waals surface area contributed by atoms with Crippen LogP contribution in [0, 0.1) is 10.1 Å². The lowest BCUT2D eigenvalue weighted by Crippen LogP contribution is -2.31. The maximum absolute atomic E-state index is 11.7. The van der Waals surface area contributed by atoms with Crippen molar-refractivity contribution in [3.05, 3.63) is 82.4 Å². The molecule has 0 spiro atoms. The molecule has 0 unspecified atom stereocenters. The van der Waals surface area contributed by atoms with E-state index in [1.54, 1.807) is 24.4 Å². The highest BCUT2D eigenvalue weighted by Crippen LogP contribution is 2.40. The lowest BCUT2D eigenvalue weighted by Gasteiger charge is -2.25. The molecule has 1 aromatic carbocycles. The average Bonchev–Trinajstić information content (AvgIpc) is 3.42. The second-order valence-electron chi connectivity index (χ2n) is 7.16. The highest BCUT2D eigenvalue weighted by atomic mass is 32.1. The lowest BCUT2D eigenvalue weighted by molar-refractivity contribution is -0.384. The summed E-state index contributed by atoms with van der Waals surface area (Å²) in [4.78, 5) is 28.8. The molecule has 3 aromatic rings. The van der Waals surface area contributed by atoms with Gasteiger partial charge in [-0.25, -0.2) is 0 Å². The van der Waals surface area contributed by atoms with Gasteiger partial charge < -0.3 is 19.4 Å². The first-order valence-corrected chi connectivity index (χ1v) is 10.3. The monoisotopic (exact) mass is 452 g/mol. The smallest absolute Gasteiger partial charge is 0.307 e. The van der Waals surface area contributed by atoms with Crippen molar-refractivity contribution >= 4 is 29.0 Å². The Hall–Kier alpha value is -3.79. The summed E-state index contributed by atoms with van der Waals surface area (Å²) in [6.07, 6.45) is 1.85. The number of nitrogens with zero attached hydrogens (tertiary/aromatic N) is 3. The van der Waals surface area contributed by atoms with E-state index in [1.807, 2.05) is 29.2 Å². The van der Waals surface area contributed by atoms with Crippen molar-refractivity contribution in [2.24, 2.45) is 0 Å². The van der Waals surface area contributed by atoms with Crippen LogP contribution in [0.2, 0.25) is 0 Å². The van der Waals surface area contributed by atoms with Crippen LogP contribution >= 0.6 is 12.2 Å². The quantitative estimate of drug-likeness (QED) is 0.248. The van der Waals surface area contributed by atoms with E-state index in [2.05, 4.69) is 10.3 Å². The Bertz CT molecular complexity index is 1150. The fourth-order valence-electron chi connectivity index (χ4n) is 3.71. The minimum Gasteiger partial charge on any atom is -0.469 e. The summed E-state index contributed by atoms with van der Waals surface area (Å²) in [6, 6.07) is 14.8. The minimum absolute atomic E-state index is 0.0183. The Labute approximate surface area is 189 Å². The largest absolute Gasteiger partial charge is 0.469 e. The number of benzene rings is 1. The fourth-order valence-corrected chi connectivity index (χ4v) is 4.04. The molecule has 2 atom stereocenters. The van der Waals surface area contributed by atoms with Crippen molar-refractivity contribution in [2.75, 3.05) is 13.7 Å². The summed E-state index contributed by atoms with van der Waals surface area (Å²) in [7, 11) is 1.34. The molecule has 0 saturated carbocycles. The van der Waals surface area contributed by atoms with Crippen molar-refractivity contribution in [1.82, 2.24) is 15.2 Å². The summed E-state index contributed by atoms with van der Waals surface area (Å²) in [6.45, 7) is 0.333. The molecule has 32 heavy (non-hydrogen) atoms. The third-order valence-electron chi connectivity index (χ3n) is 5.24. The number of hydrogen-bond donors (Lipinski definition) is 1. The molecular formula is C22H20N4O5S. The van der Waals surface area contributed by atoms with Crippen molar-refractivity contribution in [1.29, 1.82) is 0 Å². The zero-order valence-corrected chi connectivity index (χ0v) is 18.0. The van der Waals surface area contributed by atoms with E-state index in [4.69, 9.17) is 21.4 Å². The molecule has 10 heteroatoms. The van der Waals surface area contributed by atoms with E-state index in [0.717, 1.165) is 5.69 Å².